The van der Waals surface area contributed by atoms with Gasteiger partial charge in [0.25, 0.3) is 5.91 Å². The molecule has 230 valence electrons. The molecule has 1 heterocycles. The number of carbonyl (C=O) groups is 4. The van der Waals surface area contributed by atoms with Crippen molar-refractivity contribution in [2.45, 2.75) is 64.0 Å². The average Bonchev–Trinajstić information content (AvgIpc) is 3.46. The molecule has 1 aliphatic heterocycles. The Balaban J connectivity index is 1.50. The lowest BCUT2D eigenvalue weighted by atomic mass is 9.43. The zero-order valence-electron chi connectivity index (χ0n) is 24.5. The van der Waals surface area contributed by atoms with Crippen LogP contribution in [0.1, 0.15) is 50.4 Å². The molecule has 4 fully saturated rings. The fraction of sp³-hybridized carbons (Fsp3) is 0.576. The number of likely N-dealkylation sites (tertiary alicyclic amines) is 1. The molecule has 1 aromatic rings. The van der Waals surface area contributed by atoms with Gasteiger partial charge in [0.15, 0.2) is 17.2 Å². The van der Waals surface area contributed by atoms with Gasteiger partial charge in [0.2, 0.25) is 0 Å². The summed E-state index contributed by atoms with van der Waals surface area (Å²) >= 11 is 0. The smallest absolute Gasteiger partial charge is 0.329 e. The second-order valence-electron chi connectivity index (χ2n) is 13.3. The molecule has 2 N–H and O–H groups in total. The largest absolute Gasteiger partial charge is 0.464 e. The topological polar surface area (TPSA) is 121 Å². The summed E-state index contributed by atoms with van der Waals surface area (Å²) in [7, 11) is 0. The maximum absolute atomic E-state index is 17.7. The number of Topliss-reactive ketones (excluding diaryl/α,β-unsaturated/α-hetero) is 1. The van der Waals surface area contributed by atoms with E-state index in [1.54, 1.807) is 44.2 Å². The highest BCUT2D eigenvalue weighted by Crippen LogP contribution is 2.75. The summed E-state index contributed by atoms with van der Waals surface area (Å²) in [6, 6.07) is 7.10. The van der Waals surface area contributed by atoms with Crippen molar-refractivity contribution in [2.75, 3.05) is 19.8 Å². The summed E-state index contributed by atoms with van der Waals surface area (Å²) < 4.78 is 39.1. The highest BCUT2D eigenvalue weighted by Gasteiger charge is 2.80. The number of allylic oxidation sites excluding steroid dienone is 4. The Morgan fingerprint density at radius 3 is 2.44 bits per heavy atom. The number of halogens is 2. The van der Waals surface area contributed by atoms with Crippen LogP contribution in [-0.2, 0) is 19.1 Å². The number of fused-ring (bicyclic) bond motifs is 7. The van der Waals surface area contributed by atoms with E-state index >= 15 is 8.78 Å². The number of aliphatic hydroxyl groups is 2. The van der Waals surface area contributed by atoms with Gasteiger partial charge in [-0.2, -0.15) is 0 Å². The number of ether oxygens (including phenoxy) is 1. The lowest BCUT2D eigenvalue weighted by Gasteiger charge is -2.63. The molecule has 0 aromatic heterocycles. The van der Waals surface area contributed by atoms with Crippen LogP contribution in [0.3, 0.4) is 0 Å². The number of hydrogen-bond acceptors (Lipinski definition) is 7. The molecule has 0 spiro atoms. The number of esters is 1. The van der Waals surface area contributed by atoms with Gasteiger partial charge in [-0.25, -0.2) is 13.6 Å². The quantitative estimate of drug-likeness (QED) is 0.501. The molecule has 3 saturated carbocycles. The van der Waals surface area contributed by atoms with Crippen LogP contribution in [-0.4, -0.2) is 82.3 Å². The van der Waals surface area contributed by atoms with Gasteiger partial charge in [0.05, 0.1) is 18.1 Å². The summed E-state index contributed by atoms with van der Waals surface area (Å²) in [5.74, 6) is -4.89. The molecule has 2 unspecified atom stereocenters. The monoisotopic (exact) mass is 597 g/mol. The van der Waals surface area contributed by atoms with E-state index in [1.807, 2.05) is 0 Å². The molecular formula is C33H37F2NO7. The number of hydrogen-bond donors (Lipinski definition) is 2. The number of ketones is 2. The highest BCUT2D eigenvalue weighted by atomic mass is 19.1. The minimum absolute atomic E-state index is 0.00947. The van der Waals surface area contributed by atoms with E-state index in [0.29, 0.717) is 5.56 Å². The third kappa shape index (κ3) is 3.65. The molecule has 0 bridgehead atoms. The van der Waals surface area contributed by atoms with Crippen molar-refractivity contribution in [3.8, 4) is 0 Å². The van der Waals surface area contributed by atoms with Crippen LogP contribution in [0, 0.1) is 34.0 Å². The van der Waals surface area contributed by atoms with Gasteiger partial charge in [-0.1, -0.05) is 31.2 Å². The predicted octanol–water partition coefficient (Wildman–Crippen LogP) is 3.17. The first-order chi connectivity index (χ1) is 20.3. The summed E-state index contributed by atoms with van der Waals surface area (Å²) in [6.07, 6.45) is -0.124. The van der Waals surface area contributed by atoms with Crippen LogP contribution < -0.4 is 0 Å². The molecular weight excluding hydrogens is 560 g/mol. The first kappa shape index (κ1) is 29.8. The fourth-order valence-electron chi connectivity index (χ4n) is 9.90. The summed E-state index contributed by atoms with van der Waals surface area (Å²) in [4.78, 5) is 55.0. The lowest BCUT2D eigenvalue weighted by Crippen LogP contribution is -2.69. The maximum Gasteiger partial charge on any atom is 0.329 e. The summed E-state index contributed by atoms with van der Waals surface area (Å²) in [5, 5.41) is 22.1. The van der Waals surface area contributed by atoms with Crippen molar-refractivity contribution in [3.05, 3.63) is 59.7 Å². The average molecular weight is 598 g/mol. The second kappa shape index (κ2) is 9.89. The molecule has 8 nitrogen and oxygen atoms in total. The van der Waals surface area contributed by atoms with Gasteiger partial charge in [0.1, 0.15) is 18.8 Å². The van der Waals surface area contributed by atoms with Crippen LogP contribution in [0.5, 0.6) is 0 Å². The molecule has 10 atom stereocenters. The van der Waals surface area contributed by atoms with Crippen molar-refractivity contribution >= 4 is 23.4 Å². The fourth-order valence-corrected chi connectivity index (χ4v) is 9.90. The molecule has 0 radical (unpaired) electrons. The number of nitrogens with zero attached hydrogens (tertiary/aromatic N) is 1. The van der Waals surface area contributed by atoms with Crippen LogP contribution in [0.4, 0.5) is 8.78 Å². The van der Waals surface area contributed by atoms with Gasteiger partial charge in [-0.3, -0.25) is 14.4 Å². The normalized spacial score (nSPS) is 42.8. The van der Waals surface area contributed by atoms with Crippen molar-refractivity contribution in [1.82, 2.24) is 4.90 Å². The van der Waals surface area contributed by atoms with E-state index in [9.17, 15) is 29.4 Å². The maximum atomic E-state index is 17.7. The van der Waals surface area contributed by atoms with Gasteiger partial charge in [0, 0.05) is 29.4 Å². The molecule has 43 heavy (non-hydrogen) atoms. The number of rotatable bonds is 5. The van der Waals surface area contributed by atoms with Gasteiger partial charge in [-0.15, -0.1) is 0 Å². The number of amides is 1. The van der Waals surface area contributed by atoms with Gasteiger partial charge in [-0.05, 0) is 74.3 Å². The third-order valence-electron chi connectivity index (χ3n) is 11.8. The minimum atomic E-state index is -2.37. The van der Waals surface area contributed by atoms with E-state index in [-0.39, 0.29) is 38.0 Å². The SMILES string of the molecule is CCOC(=O)C1[C@@H]2C[C@H]3C4C[C@H](F)C5=CC(=O)C=C[C@]5(C)[C@@]4(F)[C@@H](O)C[C@]3(C)[C@]2(C(=O)CO)CN1C(=O)c1ccccc1. The third-order valence-corrected chi connectivity index (χ3v) is 11.8. The van der Waals surface area contributed by atoms with Crippen LogP contribution >= 0.6 is 0 Å². The second-order valence-corrected chi connectivity index (χ2v) is 13.3. The van der Waals surface area contributed by atoms with Gasteiger partial charge >= 0.3 is 5.97 Å². The summed E-state index contributed by atoms with van der Waals surface area (Å²) in [5.41, 5.74) is -6.42. The Morgan fingerprint density at radius 1 is 1.09 bits per heavy atom. The van der Waals surface area contributed by atoms with Crippen LogP contribution in [0.2, 0.25) is 0 Å². The van der Waals surface area contributed by atoms with E-state index in [0.717, 1.165) is 6.08 Å². The van der Waals surface area contributed by atoms with Crippen molar-refractivity contribution < 1.29 is 42.9 Å². The van der Waals surface area contributed by atoms with E-state index in [4.69, 9.17) is 4.74 Å². The zero-order valence-corrected chi connectivity index (χ0v) is 24.5. The van der Waals surface area contributed by atoms with Crippen LogP contribution in [0.25, 0.3) is 0 Å². The van der Waals surface area contributed by atoms with Crippen molar-refractivity contribution in [1.29, 1.82) is 0 Å². The Bertz CT molecular complexity index is 1450. The first-order valence-corrected chi connectivity index (χ1v) is 14.9. The molecule has 5 aliphatic rings. The Labute approximate surface area is 248 Å². The molecule has 1 amide bonds. The molecule has 1 aromatic carbocycles. The predicted molar refractivity (Wildman–Crippen MR) is 150 cm³/mol. The van der Waals surface area contributed by atoms with E-state index in [1.165, 1.54) is 24.0 Å². The number of aliphatic hydroxyl groups excluding tert-OH is 2. The van der Waals surface area contributed by atoms with E-state index < -0.39 is 88.0 Å². The molecule has 1 saturated heterocycles. The number of carbonyl (C=O) groups excluding carboxylic acids is 4. The van der Waals surface area contributed by atoms with Gasteiger partial charge < -0.3 is 19.8 Å². The molecule has 10 heteroatoms. The van der Waals surface area contributed by atoms with Crippen LogP contribution in [0.15, 0.2) is 54.1 Å². The Morgan fingerprint density at radius 2 is 1.79 bits per heavy atom. The standard InChI is InChI=1S/C33H37F2NO7/c1-4-43-29(42)27-23-13-20-21-14-24(34)22-12-19(38)10-11-30(22,2)33(21,35)25(39)15-31(20,3)32(23,26(40)16-37)17-36(27)28(41)18-8-6-5-7-9-18/h5-12,20-21,23-25,27,37,39H,4,13-17H2,1-3H3/t20-,21?,23-,24-,25-,27?,30-,31-,32+,33-/m0/s1. The van der Waals surface area contributed by atoms with Crippen molar-refractivity contribution in [3.63, 3.8) is 0 Å². The highest BCUT2D eigenvalue weighted by molar-refractivity contribution is 6.02. The Hall–Kier alpha value is -3.24. The molecule has 6 rings (SSSR count). The zero-order chi connectivity index (χ0) is 31.1. The minimum Gasteiger partial charge on any atom is -0.464 e. The number of benzene rings is 1. The van der Waals surface area contributed by atoms with Crippen molar-refractivity contribution in [2.24, 2.45) is 34.0 Å². The Kier molecular flexibility index (Phi) is 6.86. The first-order valence-electron chi connectivity index (χ1n) is 14.9. The lowest BCUT2D eigenvalue weighted by molar-refractivity contribution is -0.211. The summed E-state index contributed by atoms with van der Waals surface area (Å²) in [6.45, 7) is 3.77. The number of alkyl halides is 2. The molecule has 4 aliphatic carbocycles. The van der Waals surface area contributed by atoms with E-state index in [2.05, 4.69) is 0 Å².